The number of esters is 1. The van der Waals surface area contributed by atoms with Crippen molar-refractivity contribution in [3.8, 4) is 6.07 Å². The van der Waals surface area contributed by atoms with E-state index in [4.69, 9.17) is 5.26 Å². The predicted octanol–water partition coefficient (Wildman–Crippen LogP) is 2.55. The van der Waals surface area contributed by atoms with E-state index in [2.05, 4.69) is 27.3 Å². The van der Waals surface area contributed by atoms with Crippen LogP contribution in [0.1, 0.15) is 15.9 Å². The molecule has 72 valence electrons. The van der Waals surface area contributed by atoms with E-state index in [-0.39, 0.29) is 0 Å². The lowest BCUT2D eigenvalue weighted by Crippen LogP contribution is -2.05. The molecular weight excluding hydrogens is 408 g/mol. The molecule has 0 saturated carbocycles. The van der Waals surface area contributed by atoms with Crippen molar-refractivity contribution in [3.05, 3.63) is 30.4 Å². The maximum atomic E-state index is 11.3. The Bertz CT molecular complexity index is 424. The SMILES string of the molecule is COC(=O)c1cc(C#N)c(I)cc1I. The van der Waals surface area contributed by atoms with Crippen LogP contribution in [0.25, 0.3) is 0 Å². The van der Waals surface area contributed by atoms with Crippen LogP contribution < -0.4 is 0 Å². The molecule has 1 rings (SSSR count). The number of carbonyl (C=O) groups excluding carboxylic acids is 1. The van der Waals surface area contributed by atoms with E-state index in [0.717, 1.165) is 7.14 Å². The Morgan fingerprint density at radius 2 is 2.07 bits per heavy atom. The van der Waals surface area contributed by atoms with Crippen molar-refractivity contribution in [1.82, 2.24) is 0 Å². The summed E-state index contributed by atoms with van der Waals surface area (Å²) >= 11 is 4.10. The molecule has 0 aromatic heterocycles. The molecular formula is C9H5I2NO2. The Morgan fingerprint density at radius 3 is 2.57 bits per heavy atom. The van der Waals surface area contributed by atoms with Crippen LogP contribution >= 0.6 is 45.2 Å². The number of nitrogens with zero attached hydrogens (tertiary/aromatic N) is 1. The third-order valence-corrected chi connectivity index (χ3v) is 3.37. The van der Waals surface area contributed by atoms with Gasteiger partial charge in [-0.3, -0.25) is 0 Å². The van der Waals surface area contributed by atoms with E-state index in [9.17, 15) is 4.79 Å². The zero-order chi connectivity index (χ0) is 10.7. The molecule has 0 aliphatic carbocycles. The summed E-state index contributed by atoms with van der Waals surface area (Å²) in [5, 5.41) is 8.78. The third kappa shape index (κ3) is 2.36. The topological polar surface area (TPSA) is 50.1 Å². The molecule has 0 atom stereocenters. The van der Waals surface area contributed by atoms with Gasteiger partial charge in [0, 0.05) is 7.14 Å². The summed E-state index contributed by atoms with van der Waals surface area (Å²) in [5.41, 5.74) is 0.927. The van der Waals surface area contributed by atoms with Gasteiger partial charge in [0.25, 0.3) is 0 Å². The first-order chi connectivity index (χ1) is 6.60. The fourth-order valence-corrected chi connectivity index (χ4v) is 2.77. The maximum Gasteiger partial charge on any atom is 0.338 e. The van der Waals surface area contributed by atoms with Crippen molar-refractivity contribution in [3.63, 3.8) is 0 Å². The number of nitriles is 1. The normalized spacial score (nSPS) is 9.29. The van der Waals surface area contributed by atoms with Gasteiger partial charge < -0.3 is 4.74 Å². The van der Waals surface area contributed by atoms with Gasteiger partial charge in [0.15, 0.2) is 0 Å². The average molecular weight is 413 g/mol. The lowest BCUT2D eigenvalue weighted by atomic mass is 10.1. The second kappa shape index (κ2) is 4.93. The quantitative estimate of drug-likeness (QED) is 0.526. The van der Waals surface area contributed by atoms with E-state index < -0.39 is 5.97 Å². The van der Waals surface area contributed by atoms with Gasteiger partial charge in [0.2, 0.25) is 0 Å². The highest BCUT2D eigenvalue weighted by Crippen LogP contribution is 2.20. The first-order valence-electron chi connectivity index (χ1n) is 3.57. The molecule has 3 nitrogen and oxygen atoms in total. The Hall–Kier alpha value is -0.360. The van der Waals surface area contributed by atoms with Gasteiger partial charge in [-0.25, -0.2) is 4.79 Å². The van der Waals surface area contributed by atoms with Crippen LogP contribution in [-0.4, -0.2) is 13.1 Å². The maximum absolute atomic E-state index is 11.3. The van der Waals surface area contributed by atoms with Crippen molar-refractivity contribution in [2.45, 2.75) is 0 Å². The highest BCUT2D eigenvalue weighted by atomic mass is 127. The van der Waals surface area contributed by atoms with E-state index in [1.165, 1.54) is 7.11 Å². The molecule has 0 radical (unpaired) electrons. The summed E-state index contributed by atoms with van der Waals surface area (Å²) < 4.78 is 6.23. The Morgan fingerprint density at radius 1 is 1.43 bits per heavy atom. The van der Waals surface area contributed by atoms with Crippen LogP contribution in [-0.2, 0) is 4.74 Å². The summed E-state index contributed by atoms with van der Waals surface area (Å²) in [6.45, 7) is 0. The van der Waals surface area contributed by atoms with E-state index >= 15 is 0 Å². The fourth-order valence-electron chi connectivity index (χ4n) is 0.901. The van der Waals surface area contributed by atoms with E-state index in [1.54, 1.807) is 12.1 Å². The van der Waals surface area contributed by atoms with Crippen LogP contribution in [0.15, 0.2) is 12.1 Å². The number of hydrogen-bond donors (Lipinski definition) is 0. The Kier molecular flexibility index (Phi) is 4.12. The Balaban J connectivity index is 3.33. The summed E-state index contributed by atoms with van der Waals surface area (Å²) in [6, 6.07) is 5.36. The third-order valence-electron chi connectivity index (χ3n) is 1.58. The van der Waals surface area contributed by atoms with Gasteiger partial charge in [-0.2, -0.15) is 5.26 Å². The van der Waals surface area contributed by atoms with Gasteiger partial charge in [-0.15, -0.1) is 0 Å². The van der Waals surface area contributed by atoms with Crippen molar-refractivity contribution >= 4 is 51.2 Å². The first kappa shape index (κ1) is 11.7. The van der Waals surface area contributed by atoms with Gasteiger partial charge in [-0.1, -0.05) is 0 Å². The van der Waals surface area contributed by atoms with E-state index in [0.29, 0.717) is 11.1 Å². The highest BCUT2D eigenvalue weighted by molar-refractivity contribution is 14.1. The van der Waals surface area contributed by atoms with Crippen molar-refractivity contribution in [1.29, 1.82) is 5.26 Å². The molecule has 0 unspecified atom stereocenters. The monoisotopic (exact) mass is 413 g/mol. The average Bonchev–Trinajstić information content (AvgIpc) is 2.17. The van der Waals surface area contributed by atoms with Gasteiger partial charge in [0.1, 0.15) is 6.07 Å². The molecule has 0 heterocycles. The summed E-state index contributed by atoms with van der Waals surface area (Å²) in [5.74, 6) is -0.415. The minimum atomic E-state index is -0.415. The zero-order valence-electron chi connectivity index (χ0n) is 7.17. The molecule has 0 aliphatic heterocycles. The molecule has 1 aromatic carbocycles. The Labute approximate surface area is 109 Å². The number of halogens is 2. The molecule has 0 amide bonds. The second-order valence-corrected chi connectivity index (χ2v) is 4.74. The lowest BCUT2D eigenvalue weighted by molar-refractivity contribution is 0.0599. The minimum absolute atomic E-state index is 0.415. The van der Waals surface area contributed by atoms with E-state index in [1.807, 2.05) is 28.7 Å². The molecule has 0 saturated heterocycles. The standard InChI is InChI=1S/C9H5I2NO2/c1-14-9(13)6-2-5(4-12)7(10)3-8(6)11/h2-3H,1H3. The number of carbonyl (C=O) groups is 1. The number of methoxy groups -OCH3 is 1. The molecule has 0 spiro atoms. The molecule has 0 aliphatic rings. The molecule has 0 N–H and O–H groups in total. The number of benzene rings is 1. The predicted molar refractivity (Wildman–Crippen MR) is 67.9 cm³/mol. The number of rotatable bonds is 1. The van der Waals surface area contributed by atoms with Crippen LogP contribution in [0, 0.1) is 18.5 Å². The summed E-state index contributed by atoms with van der Waals surface area (Å²) in [4.78, 5) is 11.3. The van der Waals surface area contributed by atoms with Crippen LogP contribution in [0.5, 0.6) is 0 Å². The smallest absolute Gasteiger partial charge is 0.338 e. The van der Waals surface area contributed by atoms with Gasteiger partial charge in [0.05, 0.1) is 18.2 Å². The minimum Gasteiger partial charge on any atom is -0.465 e. The molecule has 5 heteroatoms. The van der Waals surface area contributed by atoms with Crippen molar-refractivity contribution in [2.75, 3.05) is 7.11 Å². The van der Waals surface area contributed by atoms with Crippen molar-refractivity contribution < 1.29 is 9.53 Å². The number of ether oxygens (including phenoxy) is 1. The van der Waals surface area contributed by atoms with Gasteiger partial charge in [-0.05, 0) is 57.3 Å². The van der Waals surface area contributed by atoms with Gasteiger partial charge >= 0.3 is 5.97 Å². The lowest BCUT2D eigenvalue weighted by Gasteiger charge is -2.04. The molecule has 1 aromatic rings. The first-order valence-corrected chi connectivity index (χ1v) is 5.73. The molecule has 14 heavy (non-hydrogen) atoms. The highest BCUT2D eigenvalue weighted by Gasteiger charge is 2.13. The van der Waals surface area contributed by atoms with Crippen LogP contribution in [0.2, 0.25) is 0 Å². The molecule has 0 fully saturated rings. The summed E-state index contributed by atoms with van der Waals surface area (Å²) in [6.07, 6.45) is 0. The van der Waals surface area contributed by atoms with Crippen LogP contribution in [0.3, 0.4) is 0 Å². The van der Waals surface area contributed by atoms with Crippen LogP contribution in [0.4, 0.5) is 0 Å². The summed E-state index contributed by atoms with van der Waals surface area (Å²) in [7, 11) is 1.32. The zero-order valence-corrected chi connectivity index (χ0v) is 11.5. The molecule has 0 bridgehead atoms. The fraction of sp³-hybridized carbons (Fsp3) is 0.111. The van der Waals surface area contributed by atoms with Crippen molar-refractivity contribution in [2.24, 2.45) is 0 Å². The number of hydrogen-bond acceptors (Lipinski definition) is 3. The second-order valence-electron chi connectivity index (χ2n) is 2.42. The largest absolute Gasteiger partial charge is 0.465 e.